The van der Waals surface area contributed by atoms with Gasteiger partial charge in [-0.05, 0) is 18.9 Å². The summed E-state index contributed by atoms with van der Waals surface area (Å²) in [5.41, 5.74) is 3.12. The molecule has 3 rings (SSSR count). The van der Waals surface area contributed by atoms with Crippen molar-refractivity contribution in [2.45, 2.75) is 18.8 Å². The second-order valence-electron chi connectivity index (χ2n) is 3.87. The zero-order chi connectivity index (χ0) is 10.3. The molecule has 0 spiro atoms. The molecule has 0 N–H and O–H groups in total. The SMILES string of the molecule is Clc1ccccc1-c1conc1C1CC1. The number of nitrogens with zero attached hydrogens (tertiary/aromatic N) is 1. The van der Waals surface area contributed by atoms with E-state index in [4.69, 9.17) is 16.1 Å². The van der Waals surface area contributed by atoms with Crippen molar-refractivity contribution in [1.29, 1.82) is 0 Å². The fraction of sp³-hybridized carbons (Fsp3) is 0.250. The first-order valence-electron chi connectivity index (χ1n) is 5.05. The van der Waals surface area contributed by atoms with Crippen molar-refractivity contribution in [2.24, 2.45) is 0 Å². The number of aromatic nitrogens is 1. The van der Waals surface area contributed by atoms with Crippen LogP contribution in [0.1, 0.15) is 24.5 Å². The van der Waals surface area contributed by atoms with Gasteiger partial charge < -0.3 is 4.52 Å². The van der Waals surface area contributed by atoms with E-state index in [0.29, 0.717) is 5.92 Å². The van der Waals surface area contributed by atoms with Crippen LogP contribution < -0.4 is 0 Å². The first kappa shape index (κ1) is 8.98. The van der Waals surface area contributed by atoms with Crippen LogP contribution in [0.2, 0.25) is 5.02 Å². The molecule has 0 atom stereocenters. The molecule has 1 aromatic carbocycles. The lowest BCUT2D eigenvalue weighted by Crippen LogP contribution is -1.84. The zero-order valence-electron chi connectivity index (χ0n) is 8.11. The lowest BCUT2D eigenvalue weighted by Gasteiger charge is -2.01. The molecule has 2 aromatic rings. The van der Waals surface area contributed by atoms with E-state index in [9.17, 15) is 0 Å². The number of rotatable bonds is 2. The minimum atomic E-state index is 0.579. The molecule has 0 radical (unpaired) electrons. The van der Waals surface area contributed by atoms with Gasteiger partial charge in [0.25, 0.3) is 0 Å². The third-order valence-electron chi connectivity index (χ3n) is 2.73. The molecular formula is C12H10ClNO. The minimum Gasteiger partial charge on any atom is -0.364 e. The van der Waals surface area contributed by atoms with Gasteiger partial charge in [0.2, 0.25) is 0 Å². The Hall–Kier alpha value is -1.28. The van der Waals surface area contributed by atoms with Gasteiger partial charge in [-0.1, -0.05) is 35.0 Å². The second kappa shape index (κ2) is 3.38. The highest BCUT2D eigenvalue weighted by Gasteiger charge is 2.30. The predicted molar refractivity (Wildman–Crippen MR) is 58.9 cm³/mol. The van der Waals surface area contributed by atoms with Crippen LogP contribution in [0.3, 0.4) is 0 Å². The van der Waals surface area contributed by atoms with Crippen LogP contribution in [0, 0.1) is 0 Å². The molecule has 1 aromatic heterocycles. The average Bonchev–Trinajstić information content (AvgIpc) is 2.98. The van der Waals surface area contributed by atoms with E-state index >= 15 is 0 Å². The van der Waals surface area contributed by atoms with Crippen LogP contribution in [0.4, 0.5) is 0 Å². The Bertz CT molecular complexity index is 488. The number of halogens is 1. The fourth-order valence-corrected chi connectivity index (χ4v) is 2.02. The van der Waals surface area contributed by atoms with Gasteiger partial charge in [0.05, 0.1) is 5.69 Å². The third kappa shape index (κ3) is 1.55. The standard InChI is InChI=1S/C12H10ClNO/c13-11-4-2-1-3-9(11)10-7-15-14-12(10)8-5-6-8/h1-4,7-8H,5-6H2. The summed E-state index contributed by atoms with van der Waals surface area (Å²) in [6.45, 7) is 0. The summed E-state index contributed by atoms with van der Waals surface area (Å²) in [7, 11) is 0. The molecule has 1 saturated carbocycles. The summed E-state index contributed by atoms with van der Waals surface area (Å²) in [6.07, 6.45) is 4.11. The molecule has 0 saturated heterocycles. The van der Waals surface area contributed by atoms with Gasteiger partial charge in [0.1, 0.15) is 6.26 Å². The van der Waals surface area contributed by atoms with Crippen molar-refractivity contribution in [3.8, 4) is 11.1 Å². The summed E-state index contributed by atoms with van der Waals surface area (Å²) >= 11 is 6.14. The zero-order valence-corrected chi connectivity index (χ0v) is 8.87. The second-order valence-corrected chi connectivity index (χ2v) is 4.27. The average molecular weight is 220 g/mol. The maximum absolute atomic E-state index is 6.14. The van der Waals surface area contributed by atoms with Crippen molar-refractivity contribution in [3.63, 3.8) is 0 Å². The Morgan fingerprint density at radius 2 is 2.00 bits per heavy atom. The summed E-state index contributed by atoms with van der Waals surface area (Å²) < 4.78 is 5.05. The quantitative estimate of drug-likeness (QED) is 0.766. The van der Waals surface area contributed by atoms with Crippen LogP contribution in [-0.4, -0.2) is 5.16 Å². The van der Waals surface area contributed by atoms with Gasteiger partial charge in [-0.25, -0.2) is 0 Å². The monoisotopic (exact) mass is 219 g/mol. The van der Waals surface area contributed by atoms with E-state index in [1.54, 1.807) is 6.26 Å². The number of hydrogen-bond donors (Lipinski definition) is 0. The van der Waals surface area contributed by atoms with Gasteiger partial charge in [-0.2, -0.15) is 0 Å². The maximum atomic E-state index is 6.14. The molecule has 0 amide bonds. The van der Waals surface area contributed by atoms with Crippen LogP contribution in [0.15, 0.2) is 35.1 Å². The largest absolute Gasteiger partial charge is 0.364 e. The molecule has 1 heterocycles. The van der Waals surface area contributed by atoms with Gasteiger partial charge >= 0.3 is 0 Å². The van der Waals surface area contributed by atoms with E-state index in [0.717, 1.165) is 21.8 Å². The summed E-state index contributed by atoms with van der Waals surface area (Å²) in [4.78, 5) is 0. The van der Waals surface area contributed by atoms with Crippen molar-refractivity contribution in [1.82, 2.24) is 5.16 Å². The van der Waals surface area contributed by atoms with Gasteiger partial charge in [0.15, 0.2) is 0 Å². The molecule has 2 nitrogen and oxygen atoms in total. The van der Waals surface area contributed by atoms with Crippen molar-refractivity contribution in [3.05, 3.63) is 41.2 Å². The van der Waals surface area contributed by atoms with Crippen LogP contribution in [0.5, 0.6) is 0 Å². The first-order chi connectivity index (χ1) is 7.36. The van der Waals surface area contributed by atoms with Gasteiger partial charge in [0, 0.05) is 22.1 Å². The summed E-state index contributed by atoms with van der Waals surface area (Å²) in [5, 5.41) is 4.81. The molecule has 76 valence electrons. The highest BCUT2D eigenvalue weighted by atomic mass is 35.5. The first-order valence-corrected chi connectivity index (χ1v) is 5.43. The molecule has 15 heavy (non-hydrogen) atoms. The molecule has 1 fully saturated rings. The Kier molecular flexibility index (Phi) is 2.03. The van der Waals surface area contributed by atoms with E-state index < -0.39 is 0 Å². The Balaban J connectivity index is 2.12. The van der Waals surface area contributed by atoms with Crippen LogP contribution in [0.25, 0.3) is 11.1 Å². The maximum Gasteiger partial charge on any atom is 0.131 e. The Labute approximate surface area is 92.8 Å². The fourth-order valence-electron chi connectivity index (χ4n) is 1.78. The third-order valence-corrected chi connectivity index (χ3v) is 3.06. The normalized spacial score (nSPS) is 15.5. The van der Waals surface area contributed by atoms with E-state index in [2.05, 4.69) is 5.16 Å². The topological polar surface area (TPSA) is 26.0 Å². The van der Waals surface area contributed by atoms with E-state index in [1.165, 1.54) is 12.8 Å². The predicted octanol–water partition coefficient (Wildman–Crippen LogP) is 3.87. The lowest BCUT2D eigenvalue weighted by molar-refractivity contribution is 0.412. The van der Waals surface area contributed by atoms with Crippen molar-refractivity contribution < 1.29 is 4.52 Å². The number of hydrogen-bond acceptors (Lipinski definition) is 2. The molecule has 0 bridgehead atoms. The molecular weight excluding hydrogens is 210 g/mol. The molecule has 0 aliphatic heterocycles. The Morgan fingerprint density at radius 3 is 2.73 bits per heavy atom. The summed E-state index contributed by atoms with van der Waals surface area (Å²) in [5.74, 6) is 0.579. The van der Waals surface area contributed by atoms with Crippen LogP contribution >= 0.6 is 11.6 Å². The minimum absolute atomic E-state index is 0.579. The Morgan fingerprint density at radius 1 is 1.20 bits per heavy atom. The molecule has 0 unspecified atom stereocenters. The molecule has 1 aliphatic rings. The highest BCUT2D eigenvalue weighted by Crippen LogP contribution is 2.44. The van der Waals surface area contributed by atoms with E-state index in [1.807, 2.05) is 24.3 Å². The van der Waals surface area contributed by atoms with Crippen molar-refractivity contribution >= 4 is 11.6 Å². The van der Waals surface area contributed by atoms with Crippen LogP contribution in [-0.2, 0) is 0 Å². The van der Waals surface area contributed by atoms with Crippen molar-refractivity contribution in [2.75, 3.05) is 0 Å². The smallest absolute Gasteiger partial charge is 0.131 e. The van der Waals surface area contributed by atoms with Gasteiger partial charge in [-0.3, -0.25) is 0 Å². The lowest BCUT2D eigenvalue weighted by atomic mass is 10.0. The number of benzene rings is 1. The van der Waals surface area contributed by atoms with E-state index in [-0.39, 0.29) is 0 Å². The molecule has 3 heteroatoms. The highest BCUT2D eigenvalue weighted by molar-refractivity contribution is 6.33. The molecule has 1 aliphatic carbocycles. The van der Waals surface area contributed by atoms with Gasteiger partial charge in [-0.15, -0.1) is 0 Å². The summed E-state index contributed by atoms with van der Waals surface area (Å²) in [6, 6.07) is 7.79.